The Morgan fingerprint density at radius 3 is 2.80 bits per heavy atom. The Kier molecular flexibility index (Phi) is 4.29. The minimum atomic E-state index is -0.474. The molecular formula is C11H13BrO3. The van der Waals surface area contributed by atoms with Crippen LogP contribution >= 0.6 is 15.9 Å². The normalized spacial score (nSPS) is 12.3. The lowest BCUT2D eigenvalue weighted by Gasteiger charge is -2.12. The van der Waals surface area contributed by atoms with Crippen LogP contribution in [0.4, 0.5) is 0 Å². The Morgan fingerprint density at radius 2 is 2.27 bits per heavy atom. The maximum atomic E-state index is 10.9. The Morgan fingerprint density at radius 1 is 1.60 bits per heavy atom. The average Bonchev–Trinajstić information content (AvgIpc) is 2.09. The van der Waals surface area contributed by atoms with E-state index in [1.165, 1.54) is 6.92 Å². The monoisotopic (exact) mass is 272 g/mol. The predicted molar refractivity (Wildman–Crippen MR) is 60.8 cm³/mol. The van der Waals surface area contributed by atoms with Gasteiger partial charge in [0.15, 0.2) is 0 Å². The molecule has 82 valence electrons. The number of halogens is 1. The summed E-state index contributed by atoms with van der Waals surface area (Å²) >= 11 is 3.36. The molecule has 1 aromatic carbocycles. The van der Waals surface area contributed by atoms with Crippen molar-refractivity contribution >= 4 is 21.9 Å². The first-order chi connectivity index (χ1) is 7.00. The molecule has 1 unspecified atom stereocenters. The minimum Gasteiger partial charge on any atom is -0.426 e. The van der Waals surface area contributed by atoms with Gasteiger partial charge in [-0.3, -0.25) is 4.79 Å². The lowest BCUT2D eigenvalue weighted by Crippen LogP contribution is -2.09. The fourth-order valence-corrected chi connectivity index (χ4v) is 1.79. The van der Waals surface area contributed by atoms with Gasteiger partial charge in [0.2, 0.25) is 0 Å². The highest BCUT2D eigenvalue weighted by molar-refractivity contribution is 9.10. The standard InChI is InChI=1S/C11H13BrO3/c1-7(13)6-9-10(12)4-3-5-11(9)15-8(2)14/h3-5,7,13H,6H2,1-2H3. The molecule has 0 heterocycles. The van der Waals surface area contributed by atoms with Crippen molar-refractivity contribution in [2.45, 2.75) is 26.4 Å². The molecule has 4 heteroatoms. The van der Waals surface area contributed by atoms with Gasteiger partial charge in [-0.1, -0.05) is 22.0 Å². The number of aliphatic hydroxyl groups is 1. The Hall–Kier alpha value is -0.870. The molecule has 0 fully saturated rings. The van der Waals surface area contributed by atoms with Gasteiger partial charge in [-0.05, 0) is 19.1 Å². The highest BCUT2D eigenvalue weighted by Gasteiger charge is 2.11. The fourth-order valence-electron chi connectivity index (χ4n) is 1.28. The van der Waals surface area contributed by atoms with Crippen LogP contribution < -0.4 is 4.74 Å². The lowest BCUT2D eigenvalue weighted by atomic mass is 10.1. The molecule has 0 aliphatic rings. The molecule has 0 aliphatic heterocycles. The molecule has 0 saturated carbocycles. The highest BCUT2D eigenvalue weighted by atomic mass is 79.9. The third-order valence-corrected chi connectivity index (χ3v) is 2.57. The summed E-state index contributed by atoms with van der Waals surface area (Å²) in [5, 5.41) is 9.33. The topological polar surface area (TPSA) is 46.5 Å². The highest BCUT2D eigenvalue weighted by Crippen LogP contribution is 2.28. The molecule has 15 heavy (non-hydrogen) atoms. The summed E-state index contributed by atoms with van der Waals surface area (Å²) in [6.07, 6.45) is -0.0256. The van der Waals surface area contributed by atoms with Crippen molar-refractivity contribution in [3.63, 3.8) is 0 Å². The van der Waals surface area contributed by atoms with E-state index in [4.69, 9.17) is 4.74 Å². The van der Waals surface area contributed by atoms with E-state index in [0.717, 1.165) is 10.0 Å². The molecule has 0 spiro atoms. The summed E-state index contributed by atoms with van der Waals surface area (Å²) in [5.41, 5.74) is 0.808. The molecule has 0 aromatic heterocycles. The smallest absolute Gasteiger partial charge is 0.308 e. The molecule has 1 N–H and O–H groups in total. The molecule has 0 bridgehead atoms. The number of carbonyl (C=O) groups is 1. The van der Waals surface area contributed by atoms with Crippen LogP contribution in [0.2, 0.25) is 0 Å². The van der Waals surface area contributed by atoms with Crippen molar-refractivity contribution in [1.82, 2.24) is 0 Å². The molecule has 0 aliphatic carbocycles. The number of aliphatic hydroxyl groups excluding tert-OH is 1. The Balaban J connectivity index is 3.02. The summed E-state index contributed by atoms with van der Waals surface area (Å²) in [7, 11) is 0. The van der Waals surface area contributed by atoms with Gasteiger partial charge in [-0.25, -0.2) is 0 Å². The third-order valence-electron chi connectivity index (χ3n) is 1.83. The number of ether oxygens (including phenoxy) is 1. The van der Waals surface area contributed by atoms with Crippen molar-refractivity contribution in [2.75, 3.05) is 0 Å². The summed E-state index contributed by atoms with van der Waals surface area (Å²) in [5.74, 6) is 0.137. The van der Waals surface area contributed by atoms with Gasteiger partial charge < -0.3 is 9.84 Å². The number of carbonyl (C=O) groups excluding carboxylic acids is 1. The van der Waals surface area contributed by atoms with E-state index in [1.54, 1.807) is 19.1 Å². The van der Waals surface area contributed by atoms with Crippen molar-refractivity contribution in [3.8, 4) is 5.75 Å². The number of rotatable bonds is 3. The number of benzene rings is 1. The zero-order valence-electron chi connectivity index (χ0n) is 8.66. The Labute approximate surface area is 97.2 Å². The number of esters is 1. The molecule has 0 amide bonds. The SMILES string of the molecule is CC(=O)Oc1cccc(Br)c1CC(C)O. The van der Waals surface area contributed by atoms with Crippen LogP contribution in [-0.4, -0.2) is 17.2 Å². The van der Waals surface area contributed by atoms with E-state index in [2.05, 4.69) is 15.9 Å². The molecule has 0 radical (unpaired) electrons. The maximum Gasteiger partial charge on any atom is 0.308 e. The van der Waals surface area contributed by atoms with Crippen LogP contribution in [0.15, 0.2) is 22.7 Å². The van der Waals surface area contributed by atoms with Crippen molar-refractivity contribution in [1.29, 1.82) is 0 Å². The predicted octanol–water partition coefficient (Wildman–Crippen LogP) is 2.30. The lowest BCUT2D eigenvalue weighted by molar-refractivity contribution is -0.131. The third kappa shape index (κ3) is 3.64. The second kappa shape index (κ2) is 5.28. The first-order valence-corrected chi connectivity index (χ1v) is 5.44. The molecule has 3 nitrogen and oxygen atoms in total. The van der Waals surface area contributed by atoms with Gasteiger partial charge >= 0.3 is 5.97 Å². The van der Waals surface area contributed by atoms with Crippen LogP contribution in [0.1, 0.15) is 19.4 Å². The molecule has 1 rings (SSSR count). The second-order valence-electron chi connectivity index (χ2n) is 3.36. The van der Waals surface area contributed by atoms with E-state index in [-0.39, 0.29) is 5.97 Å². The second-order valence-corrected chi connectivity index (χ2v) is 4.22. The van der Waals surface area contributed by atoms with Crippen LogP contribution in [-0.2, 0) is 11.2 Å². The Bertz CT molecular complexity index is 361. The summed E-state index contributed by atoms with van der Waals surface area (Å²) in [6, 6.07) is 5.35. The van der Waals surface area contributed by atoms with Gasteiger partial charge in [0.1, 0.15) is 5.75 Å². The maximum absolute atomic E-state index is 10.9. The van der Waals surface area contributed by atoms with Gasteiger partial charge in [0, 0.05) is 23.4 Å². The van der Waals surface area contributed by atoms with E-state index in [0.29, 0.717) is 12.2 Å². The van der Waals surface area contributed by atoms with Gasteiger partial charge in [0.05, 0.1) is 6.10 Å². The van der Waals surface area contributed by atoms with E-state index in [1.807, 2.05) is 6.07 Å². The van der Waals surface area contributed by atoms with E-state index >= 15 is 0 Å². The van der Waals surface area contributed by atoms with Crippen LogP contribution in [0.3, 0.4) is 0 Å². The minimum absolute atomic E-state index is 0.361. The number of hydrogen-bond acceptors (Lipinski definition) is 3. The molecule has 1 aromatic rings. The van der Waals surface area contributed by atoms with Crippen molar-refractivity contribution in [2.24, 2.45) is 0 Å². The zero-order chi connectivity index (χ0) is 11.4. The average molecular weight is 273 g/mol. The molecule has 0 saturated heterocycles. The van der Waals surface area contributed by atoms with Gasteiger partial charge in [-0.2, -0.15) is 0 Å². The molecule has 1 atom stereocenters. The van der Waals surface area contributed by atoms with Gasteiger partial charge in [-0.15, -0.1) is 0 Å². The quantitative estimate of drug-likeness (QED) is 0.679. The zero-order valence-corrected chi connectivity index (χ0v) is 10.2. The van der Waals surface area contributed by atoms with Crippen LogP contribution in [0.5, 0.6) is 5.75 Å². The largest absolute Gasteiger partial charge is 0.426 e. The van der Waals surface area contributed by atoms with Crippen molar-refractivity contribution in [3.05, 3.63) is 28.2 Å². The summed E-state index contributed by atoms with van der Waals surface area (Å²) < 4.78 is 5.88. The first-order valence-electron chi connectivity index (χ1n) is 4.64. The molecular weight excluding hydrogens is 260 g/mol. The van der Waals surface area contributed by atoms with Crippen LogP contribution in [0, 0.1) is 0 Å². The summed E-state index contributed by atoms with van der Waals surface area (Å²) in [6.45, 7) is 3.05. The van der Waals surface area contributed by atoms with E-state index < -0.39 is 6.10 Å². The van der Waals surface area contributed by atoms with Gasteiger partial charge in [0.25, 0.3) is 0 Å². The van der Waals surface area contributed by atoms with E-state index in [9.17, 15) is 9.90 Å². The van der Waals surface area contributed by atoms with Crippen LogP contribution in [0.25, 0.3) is 0 Å². The first kappa shape index (κ1) is 12.2. The summed E-state index contributed by atoms with van der Waals surface area (Å²) in [4.78, 5) is 10.9. The van der Waals surface area contributed by atoms with Crippen molar-refractivity contribution < 1.29 is 14.6 Å². The fraction of sp³-hybridized carbons (Fsp3) is 0.364. The number of hydrogen-bond donors (Lipinski definition) is 1.